The number of hydrogen-bond donors (Lipinski definition) is 1. The Kier molecular flexibility index (Phi) is 3.90. The molecule has 0 atom stereocenters. The van der Waals surface area contributed by atoms with Gasteiger partial charge in [0.05, 0.1) is 11.9 Å². The predicted octanol–water partition coefficient (Wildman–Crippen LogP) is 1.72. The number of hydrogen-bond acceptors (Lipinski definition) is 3. The largest absolute Gasteiger partial charge is 0.389 e. The van der Waals surface area contributed by atoms with Gasteiger partial charge < -0.3 is 14.6 Å². The van der Waals surface area contributed by atoms with Gasteiger partial charge in [-0.05, 0) is 32.0 Å². The Hall–Kier alpha value is -2.14. The van der Waals surface area contributed by atoms with Crippen LogP contribution in [0, 0.1) is 0 Å². The summed E-state index contributed by atoms with van der Waals surface area (Å²) in [7, 11) is 1.68. The minimum absolute atomic E-state index is 0.117. The number of amides is 1. The van der Waals surface area contributed by atoms with Gasteiger partial charge >= 0.3 is 0 Å². The van der Waals surface area contributed by atoms with E-state index in [2.05, 4.69) is 4.98 Å². The summed E-state index contributed by atoms with van der Waals surface area (Å²) in [6.07, 6.45) is 5.20. The van der Waals surface area contributed by atoms with Crippen LogP contribution in [-0.4, -0.2) is 44.7 Å². The SMILES string of the molecule is CN(CC(C)(C)O)C(=O)c1cccc(-n2ccnc2)c1. The zero-order valence-electron chi connectivity index (χ0n) is 11.9. The van der Waals surface area contributed by atoms with Crippen molar-refractivity contribution in [3.05, 3.63) is 48.5 Å². The molecule has 0 unspecified atom stereocenters. The number of imidazole rings is 1. The van der Waals surface area contributed by atoms with Crippen molar-refractivity contribution in [3.8, 4) is 5.69 Å². The zero-order valence-corrected chi connectivity index (χ0v) is 11.9. The quantitative estimate of drug-likeness (QED) is 0.922. The normalized spacial score (nSPS) is 11.4. The molecule has 0 saturated carbocycles. The van der Waals surface area contributed by atoms with Crippen LogP contribution in [-0.2, 0) is 0 Å². The Morgan fingerprint density at radius 3 is 2.80 bits per heavy atom. The second-order valence-electron chi connectivity index (χ2n) is 5.49. The van der Waals surface area contributed by atoms with Crippen molar-refractivity contribution in [1.29, 1.82) is 0 Å². The van der Waals surface area contributed by atoms with E-state index in [1.807, 2.05) is 29.0 Å². The zero-order chi connectivity index (χ0) is 14.8. The van der Waals surface area contributed by atoms with Crippen molar-refractivity contribution >= 4 is 5.91 Å². The minimum Gasteiger partial charge on any atom is -0.389 e. The van der Waals surface area contributed by atoms with Gasteiger partial charge in [-0.2, -0.15) is 0 Å². The van der Waals surface area contributed by atoms with Gasteiger partial charge in [0.25, 0.3) is 5.91 Å². The summed E-state index contributed by atoms with van der Waals surface area (Å²) in [5.74, 6) is -0.117. The molecule has 0 aliphatic heterocycles. The first-order chi connectivity index (χ1) is 9.37. The fraction of sp³-hybridized carbons (Fsp3) is 0.333. The maximum atomic E-state index is 12.3. The van der Waals surface area contributed by atoms with E-state index in [4.69, 9.17) is 0 Å². The molecule has 0 fully saturated rings. The van der Waals surface area contributed by atoms with E-state index in [9.17, 15) is 9.90 Å². The number of aliphatic hydroxyl groups is 1. The van der Waals surface area contributed by atoms with Gasteiger partial charge in [-0.15, -0.1) is 0 Å². The Balaban J connectivity index is 2.21. The van der Waals surface area contributed by atoms with E-state index in [0.29, 0.717) is 5.56 Å². The van der Waals surface area contributed by atoms with E-state index in [0.717, 1.165) is 5.69 Å². The topological polar surface area (TPSA) is 58.4 Å². The monoisotopic (exact) mass is 273 g/mol. The van der Waals surface area contributed by atoms with Crippen molar-refractivity contribution in [2.24, 2.45) is 0 Å². The fourth-order valence-electron chi connectivity index (χ4n) is 2.08. The van der Waals surface area contributed by atoms with Crippen LogP contribution in [0.1, 0.15) is 24.2 Å². The highest BCUT2D eigenvalue weighted by molar-refractivity contribution is 5.94. The highest BCUT2D eigenvalue weighted by Crippen LogP contribution is 2.13. The molecule has 5 nitrogen and oxygen atoms in total. The molecule has 1 heterocycles. The van der Waals surface area contributed by atoms with Gasteiger partial charge in [-0.1, -0.05) is 6.07 Å². The standard InChI is InChI=1S/C15H19N3O2/c1-15(2,20)10-17(3)14(19)12-5-4-6-13(9-12)18-8-7-16-11-18/h4-9,11,20H,10H2,1-3H3. The lowest BCUT2D eigenvalue weighted by atomic mass is 10.1. The van der Waals surface area contributed by atoms with E-state index < -0.39 is 5.60 Å². The van der Waals surface area contributed by atoms with E-state index in [-0.39, 0.29) is 12.5 Å². The maximum absolute atomic E-state index is 12.3. The lowest BCUT2D eigenvalue weighted by Crippen LogP contribution is -2.39. The fourth-order valence-corrected chi connectivity index (χ4v) is 2.08. The first-order valence-corrected chi connectivity index (χ1v) is 6.43. The Bertz CT molecular complexity index is 585. The van der Waals surface area contributed by atoms with E-state index in [1.165, 1.54) is 4.90 Å². The third-order valence-corrected chi connectivity index (χ3v) is 2.87. The van der Waals surface area contributed by atoms with Crippen LogP contribution in [0.3, 0.4) is 0 Å². The van der Waals surface area contributed by atoms with Crippen molar-refractivity contribution in [2.75, 3.05) is 13.6 Å². The summed E-state index contributed by atoms with van der Waals surface area (Å²) < 4.78 is 1.84. The molecule has 2 aromatic rings. The minimum atomic E-state index is -0.910. The van der Waals surface area contributed by atoms with Crippen molar-refractivity contribution in [1.82, 2.24) is 14.5 Å². The second-order valence-corrected chi connectivity index (χ2v) is 5.49. The molecular weight excluding hydrogens is 254 g/mol. The first-order valence-electron chi connectivity index (χ1n) is 6.43. The molecule has 1 aromatic carbocycles. The molecule has 0 aliphatic carbocycles. The second kappa shape index (κ2) is 5.46. The molecule has 0 saturated heterocycles. The van der Waals surface area contributed by atoms with Crippen LogP contribution in [0.2, 0.25) is 0 Å². The molecule has 0 spiro atoms. The molecule has 1 amide bonds. The van der Waals surface area contributed by atoms with Gasteiger partial charge in [0.2, 0.25) is 0 Å². The highest BCUT2D eigenvalue weighted by atomic mass is 16.3. The number of carbonyl (C=O) groups excluding carboxylic acids is 1. The van der Waals surface area contributed by atoms with E-state index in [1.54, 1.807) is 39.5 Å². The Morgan fingerprint density at radius 2 is 2.20 bits per heavy atom. The highest BCUT2D eigenvalue weighted by Gasteiger charge is 2.20. The Morgan fingerprint density at radius 1 is 1.45 bits per heavy atom. The summed E-state index contributed by atoms with van der Waals surface area (Å²) in [5, 5.41) is 9.78. The average Bonchev–Trinajstić information content (AvgIpc) is 2.90. The van der Waals surface area contributed by atoms with Gasteiger partial charge in [0, 0.05) is 37.2 Å². The van der Waals surface area contributed by atoms with Gasteiger partial charge in [-0.3, -0.25) is 4.79 Å². The molecule has 1 aromatic heterocycles. The summed E-state index contributed by atoms with van der Waals surface area (Å²) in [6.45, 7) is 3.64. The van der Waals surface area contributed by atoms with Crippen molar-refractivity contribution in [2.45, 2.75) is 19.4 Å². The van der Waals surface area contributed by atoms with Crippen LogP contribution in [0.4, 0.5) is 0 Å². The smallest absolute Gasteiger partial charge is 0.253 e. The van der Waals surface area contributed by atoms with Crippen molar-refractivity contribution in [3.63, 3.8) is 0 Å². The van der Waals surface area contributed by atoms with Crippen LogP contribution in [0.25, 0.3) is 5.69 Å². The molecule has 0 aliphatic rings. The number of benzene rings is 1. The summed E-state index contributed by atoms with van der Waals surface area (Å²) >= 11 is 0. The van der Waals surface area contributed by atoms with Gasteiger partial charge in [-0.25, -0.2) is 4.98 Å². The number of nitrogens with zero attached hydrogens (tertiary/aromatic N) is 3. The molecule has 20 heavy (non-hydrogen) atoms. The lowest BCUT2D eigenvalue weighted by molar-refractivity contribution is 0.0368. The van der Waals surface area contributed by atoms with Gasteiger partial charge in [0.1, 0.15) is 0 Å². The number of rotatable bonds is 4. The molecule has 0 bridgehead atoms. The van der Waals surface area contributed by atoms with Crippen LogP contribution in [0.5, 0.6) is 0 Å². The number of carbonyl (C=O) groups is 1. The molecule has 1 N–H and O–H groups in total. The molecule has 106 valence electrons. The lowest BCUT2D eigenvalue weighted by Gasteiger charge is -2.25. The first kappa shape index (κ1) is 14.3. The van der Waals surface area contributed by atoms with E-state index >= 15 is 0 Å². The molecular formula is C15H19N3O2. The molecule has 5 heteroatoms. The van der Waals surface area contributed by atoms with Crippen LogP contribution in [0.15, 0.2) is 43.0 Å². The van der Waals surface area contributed by atoms with Gasteiger partial charge in [0.15, 0.2) is 0 Å². The molecule has 2 rings (SSSR count). The van der Waals surface area contributed by atoms with Crippen LogP contribution < -0.4 is 0 Å². The molecule has 0 radical (unpaired) electrons. The average molecular weight is 273 g/mol. The third-order valence-electron chi connectivity index (χ3n) is 2.87. The van der Waals surface area contributed by atoms with Crippen molar-refractivity contribution < 1.29 is 9.90 Å². The van der Waals surface area contributed by atoms with Crippen LogP contribution >= 0.6 is 0 Å². The maximum Gasteiger partial charge on any atom is 0.253 e. The number of aromatic nitrogens is 2. The summed E-state index contributed by atoms with van der Waals surface area (Å²) in [5.41, 5.74) is 0.555. The third kappa shape index (κ3) is 3.45. The Labute approximate surface area is 118 Å². The summed E-state index contributed by atoms with van der Waals surface area (Å²) in [6, 6.07) is 7.32. The predicted molar refractivity (Wildman–Crippen MR) is 76.8 cm³/mol. The number of likely N-dealkylation sites (N-methyl/N-ethyl adjacent to an activating group) is 1. The summed E-state index contributed by atoms with van der Waals surface area (Å²) in [4.78, 5) is 17.8.